The first-order valence-corrected chi connectivity index (χ1v) is 13.7. The molecule has 1 aromatic rings. The van der Waals surface area contributed by atoms with Crippen molar-refractivity contribution in [3.63, 3.8) is 0 Å². The molecule has 0 spiro atoms. The molecule has 0 radical (unpaired) electrons. The van der Waals surface area contributed by atoms with E-state index < -0.39 is 42.0 Å². The van der Waals surface area contributed by atoms with Gasteiger partial charge in [0.05, 0.1) is 6.42 Å². The molecule has 0 aromatic heterocycles. The van der Waals surface area contributed by atoms with Gasteiger partial charge in [-0.25, -0.2) is 4.79 Å². The number of nitrogens with two attached hydrogens (primary N) is 1. The van der Waals surface area contributed by atoms with Gasteiger partial charge in [-0.1, -0.05) is 56.9 Å². The van der Waals surface area contributed by atoms with Crippen LogP contribution in [-0.4, -0.2) is 52.9 Å². The van der Waals surface area contributed by atoms with Gasteiger partial charge in [0.25, 0.3) is 0 Å². The minimum Gasteiger partial charge on any atom is -0.444 e. The van der Waals surface area contributed by atoms with Crippen molar-refractivity contribution in [3.8, 4) is 0 Å². The SMILES string of the molecule is CCCCCN(C(=O)C(CC(N)=O)NC(=O)OC(C)(C)C)C(C(=O)NC(C)CCC)c1cc(C)ccc1C. The zero-order valence-corrected chi connectivity index (χ0v) is 24.5. The van der Waals surface area contributed by atoms with Gasteiger partial charge in [0.1, 0.15) is 17.7 Å². The number of nitrogens with one attached hydrogen (secondary N) is 2. The molecule has 0 saturated heterocycles. The number of nitrogens with zero attached hydrogens (tertiary/aromatic N) is 1. The monoisotopic (exact) mass is 532 g/mol. The predicted molar refractivity (Wildman–Crippen MR) is 149 cm³/mol. The number of carbonyl (C=O) groups is 4. The van der Waals surface area contributed by atoms with Crippen LogP contribution < -0.4 is 16.4 Å². The zero-order valence-electron chi connectivity index (χ0n) is 24.5. The van der Waals surface area contributed by atoms with E-state index in [4.69, 9.17) is 10.5 Å². The first kappa shape index (κ1) is 32.9. The van der Waals surface area contributed by atoms with Crippen LogP contribution in [0.25, 0.3) is 0 Å². The summed E-state index contributed by atoms with van der Waals surface area (Å²) in [6, 6.07) is 3.47. The highest BCUT2D eigenvalue weighted by atomic mass is 16.6. The van der Waals surface area contributed by atoms with Crippen LogP contribution >= 0.6 is 0 Å². The van der Waals surface area contributed by atoms with E-state index in [1.807, 2.05) is 52.8 Å². The van der Waals surface area contributed by atoms with Gasteiger partial charge >= 0.3 is 6.09 Å². The van der Waals surface area contributed by atoms with Gasteiger partial charge in [0.2, 0.25) is 17.7 Å². The molecule has 4 amide bonds. The number of rotatable bonds is 14. The van der Waals surface area contributed by atoms with Crippen LogP contribution in [0, 0.1) is 13.8 Å². The van der Waals surface area contributed by atoms with Gasteiger partial charge in [-0.2, -0.15) is 0 Å². The van der Waals surface area contributed by atoms with Gasteiger partial charge in [0.15, 0.2) is 0 Å². The van der Waals surface area contributed by atoms with Crippen molar-refractivity contribution in [1.29, 1.82) is 0 Å². The molecule has 3 atom stereocenters. The lowest BCUT2D eigenvalue weighted by Crippen LogP contribution is -2.54. The van der Waals surface area contributed by atoms with Gasteiger partial charge < -0.3 is 26.0 Å². The Hall–Kier alpha value is -3.10. The molecule has 214 valence electrons. The lowest BCUT2D eigenvalue weighted by atomic mass is 9.95. The van der Waals surface area contributed by atoms with E-state index in [1.54, 1.807) is 20.8 Å². The average Bonchev–Trinajstić information content (AvgIpc) is 2.78. The van der Waals surface area contributed by atoms with Crippen LogP contribution in [0.1, 0.15) is 103 Å². The molecule has 9 nitrogen and oxygen atoms in total. The summed E-state index contributed by atoms with van der Waals surface area (Å²) in [4.78, 5) is 53.9. The predicted octanol–water partition coefficient (Wildman–Crippen LogP) is 4.44. The number of hydrogen-bond donors (Lipinski definition) is 3. The van der Waals surface area contributed by atoms with Crippen molar-refractivity contribution < 1.29 is 23.9 Å². The fourth-order valence-electron chi connectivity index (χ4n) is 4.28. The molecule has 38 heavy (non-hydrogen) atoms. The number of aryl methyl sites for hydroxylation is 2. The average molecular weight is 533 g/mol. The van der Waals surface area contributed by atoms with Crippen molar-refractivity contribution in [2.24, 2.45) is 5.73 Å². The van der Waals surface area contributed by atoms with E-state index >= 15 is 0 Å². The van der Waals surface area contributed by atoms with Crippen LogP contribution in [-0.2, 0) is 19.1 Å². The summed E-state index contributed by atoms with van der Waals surface area (Å²) >= 11 is 0. The first-order valence-electron chi connectivity index (χ1n) is 13.7. The van der Waals surface area contributed by atoms with Gasteiger partial charge in [-0.15, -0.1) is 0 Å². The van der Waals surface area contributed by atoms with Crippen molar-refractivity contribution in [1.82, 2.24) is 15.5 Å². The Balaban J connectivity index is 3.59. The molecule has 3 unspecified atom stereocenters. The van der Waals surface area contributed by atoms with E-state index in [1.165, 1.54) is 4.90 Å². The van der Waals surface area contributed by atoms with Crippen LogP contribution in [0.5, 0.6) is 0 Å². The Morgan fingerprint density at radius 3 is 2.24 bits per heavy atom. The molecule has 0 aliphatic heterocycles. The molecule has 0 saturated carbocycles. The lowest BCUT2D eigenvalue weighted by Gasteiger charge is -2.35. The Morgan fingerprint density at radius 2 is 1.68 bits per heavy atom. The minimum absolute atomic E-state index is 0.0889. The summed E-state index contributed by atoms with van der Waals surface area (Å²) in [5, 5.41) is 5.59. The van der Waals surface area contributed by atoms with Crippen molar-refractivity contribution in [2.75, 3.05) is 6.54 Å². The number of ether oxygens (including phenoxy) is 1. The molecule has 0 heterocycles. The molecule has 0 aliphatic rings. The number of primary amides is 1. The van der Waals surface area contributed by atoms with Gasteiger partial charge in [0, 0.05) is 12.6 Å². The maximum absolute atomic E-state index is 14.1. The highest BCUT2D eigenvalue weighted by Gasteiger charge is 2.37. The van der Waals surface area contributed by atoms with E-state index in [9.17, 15) is 19.2 Å². The molecule has 1 aromatic carbocycles. The summed E-state index contributed by atoms with van der Waals surface area (Å²) < 4.78 is 5.33. The molecule has 0 bridgehead atoms. The van der Waals surface area contributed by atoms with E-state index in [2.05, 4.69) is 10.6 Å². The second-order valence-electron chi connectivity index (χ2n) is 11.1. The van der Waals surface area contributed by atoms with Crippen molar-refractivity contribution in [2.45, 2.75) is 118 Å². The zero-order chi connectivity index (χ0) is 29.0. The minimum atomic E-state index is -1.28. The maximum Gasteiger partial charge on any atom is 0.408 e. The second-order valence-corrected chi connectivity index (χ2v) is 11.1. The van der Waals surface area contributed by atoms with E-state index in [0.29, 0.717) is 12.0 Å². The standard InChI is InChI=1S/C29H48N4O5/c1-9-11-12-16-33(27(36)23(18-24(30)34)32-28(37)38-29(6,7)8)25(26(35)31-21(5)13-10-2)22-17-19(3)14-15-20(22)4/h14-15,17,21,23,25H,9-13,16,18H2,1-8H3,(H2,30,34)(H,31,35)(H,32,37). The third kappa shape index (κ3) is 11.1. The summed E-state index contributed by atoms with van der Waals surface area (Å²) in [5.74, 6) is -1.62. The Morgan fingerprint density at radius 1 is 1.03 bits per heavy atom. The van der Waals surface area contributed by atoms with Crippen molar-refractivity contribution >= 4 is 23.8 Å². The van der Waals surface area contributed by atoms with E-state index in [0.717, 1.165) is 36.8 Å². The molecule has 0 fully saturated rings. The fraction of sp³-hybridized carbons (Fsp3) is 0.655. The largest absolute Gasteiger partial charge is 0.444 e. The second kappa shape index (κ2) is 15.3. The number of alkyl carbamates (subject to hydrolysis) is 1. The molecule has 1 rings (SSSR count). The Bertz CT molecular complexity index is 957. The van der Waals surface area contributed by atoms with E-state index in [-0.39, 0.29) is 18.5 Å². The van der Waals surface area contributed by atoms with Crippen LogP contribution in [0.4, 0.5) is 4.79 Å². The van der Waals surface area contributed by atoms with Gasteiger partial charge in [-0.05, 0) is 65.5 Å². The highest BCUT2D eigenvalue weighted by Crippen LogP contribution is 2.28. The van der Waals surface area contributed by atoms with Crippen LogP contribution in [0.2, 0.25) is 0 Å². The summed E-state index contributed by atoms with van der Waals surface area (Å²) in [6.07, 6.45) is 2.84. The fourth-order valence-corrected chi connectivity index (χ4v) is 4.28. The number of benzene rings is 1. The highest BCUT2D eigenvalue weighted by molar-refractivity contribution is 5.94. The van der Waals surface area contributed by atoms with Crippen molar-refractivity contribution in [3.05, 3.63) is 34.9 Å². The molecular formula is C29H48N4O5. The molecular weight excluding hydrogens is 484 g/mol. The third-order valence-electron chi connectivity index (χ3n) is 6.08. The number of carbonyl (C=O) groups excluding carboxylic acids is 4. The summed E-state index contributed by atoms with van der Waals surface area (Å²) in [7, 11) is 0. The normalized spacial score (nSPS) is 13.7. The van der Waals surface area contributed by atoms with Crippen LogP contribution in [0.3, 0.4) is 0 Å². The lowest BCUT2D eigenvalue weighted by molar-refractivity contribution is -0.143. The maximum atomic E-state index is 14.1. The number of unbranched alkanes of at least 4 members (excludes halogenated alkanes) is 2. The smallest absolute Gasteiger partial charge is 0.408 e. The topological polar surface area (TPSA) is 131 Å². The quantitative estimate of drug-likeness (QED) is 0.305. The van der Waals surface area contributed by atoms with Crippen LogP contribution in [0.15, 0.2) is 18.2 Å². The first-order chi connectivity index (χ1) is 17.7. The van der Waals surface area contributed by atoms with Gasteiger partial charge in [-0.3, -0.25) is 14.4 Å². The Kier molecular flexibility index (Phi) is 13.3. The number of amides is 4. The number of hydrogen-bond acceptors (Lipinski definition) is 5. The molecule has 0 aliphatic carbocycles. The molecule has 9 heteroatoms. The summed E-state index contributed by atoms with van der Waals surface area (Å²) in [5.41, 5.74) is 7.17. The third-order valence-corrected chi connectivity index (χ3v) is 6.08. The Labute approximate surface area is 228 Å². The summed E-state index contributed by atoms with van der Waals surface area (Å²) in [6.45, 7) is 15.2. The molecule has 4 N–H and O–H groups in total.